The van der Waals surface area contributed by atoms with Gasteiger partial charge in [0.05, 0.1) is 4.99 Å². The Morgan fingerprint density at radius 1 is 1.57 bits per heavy atom. The van der Waals surface area contributed by atoms with Gasteiger partial charge in [0.2, 0.25) is 0 Å². The van der Waals surface area contributed by atoms with Gasteiger partial charge in [-0.05, 0) is 20.9 Å². The molecule has 0 bridgehead atoms. The molecule has 1 rings (SSSR count). The van der Waals surface area contributed by atoms with Gasteiger partial charge in [0.15, 0.2) is 0 Å². The van der Waals surface area contributed by atoms with Gasteiger partial charge in [0, 0.05) is 38.1 Å². The number of likely N-dealkylation sites (N-methyl/N-ethyl adjacent to an activating group) is 1. The highest BCUT2D eigenvalue weighted by Gasteiger charge is 2.25. The van der Waals surface area contributed by atoms with Crippen LogP contribution in [0.1, 0.15) is 20.3 Å². The summed E-state index contributed by atoms with van der Waals surface area (Å²) in [6, 6.07) is 1.09. The van der Waals surface area contributed by atoms with Crippen LogP contribution in [0.4, 0.5) is 0 Å². The summed E-state index contributed by atoms with van der Waals surface area (Å²) in [5, 5.41) is 0. The van der Waals surface area contributed by atoms with E-state index in [1.807, 2.05) is 0 Å². The molecule has 0 saturated carbocycles. The van der Waals surface area contributed by atoms with Crippen LogP contribution in [0.2, 0.25) is 0 Å². The number of nitrogens with two attached hydrogens (primary N) is 1. The Morgan fingerprint density at radius 3 is 2.71 bits per heavy atom. The standard InChI is InChI=1S/C10H21N3S/c1-8(6-10(11)14)13-5-4-12(3)7-9(13)2/h8-9H,4-7H2,1-3H3,(H2,11,14). The molecule has 0 aliphatic carbocycles. The van der Waals surface area contributed by atoms with E-state index in [0.29, 0.717) is 17.1 Å². The first-order valence-corrected chi connectivity index (χ1v) is 5.64. The first-order valence-electron chi connectivity index (χ1n) is 5.23. The molecular weight excluding hydrogens is 194 g/mol. The summed E-state index contributed by atoms with van der Waals surface area (Å²) < 4.78 is 0. The molecule has 2 N–H and O–H groups in total. The van der Waals surface area contributed by atoms with Gasteiger partial charge in [-0.15, -0.1) is 0 Å². The molecule has 14 heavy (non-hydrogen) atoms. The van der Waals surface area contributed by atoms with E-state index >= 15 is 0 Å². The molecule has 0 radical (unpaired) electrons. The fourth-order valence-corrected chi connectivity index (χ4v) is 2.46. The highest BCUT2D eigenvalue weighted by molar-refractivity contribution is 7.80. The van der Waals surface area contributed by atoms with Gasteiger partial charge < -0.3 is 10.6 Å². The number of piperazine rings is 1. The van der Waals surface area contributed by atoms with Gasteiger partial charge in [-0.1, -0.05) is 12.2 Å². The average molecular weight is 215 g/mol. The molecule has 1 saturated heterocycles. The van der Waals surface area contributed by atoms with Crippen molar-refractivity contribution in [3.8, 4) is 0 Å². The number of rotatable bonds is 3. The van der Waals surface area contributed by atoms with Crippen molar-refractivity contribution >= 4 is 17.2 Å². The van der Waals surface area contributed by atoms with E-state index in [1.165, 1.54) is 0 Å². The molecule has 1 fully saturated rings. The van der Waals surface area contributed by atoms with Crippen LogP contribution in [0.15, 0.2) is 0 Å². The van der Waals surface area contributed by atoms with Gasteiger partial charge in [0.1, 0.15) is 0 Å². The number of thiocarbonyl (C=S) groups is 1. The Morgan fingerprint density at radius 2 is 2.21 bits per heavy atom. The Hall–Kier alpha value is -0.190. The first kappa shape index (κ1) is 11.9. The van der Waals surface area contributed by atoms with E-state index in [2.05, 4.69) is 30.7 Å². The fourth-order valence-electron chi connectivity index (χ4n) is 2.22. The first-order chi connectivity index (χ1) is 6.50. The van der Waals surface area contributed by atoms with Crippen molar-refractivity contribution in [2.24, 2.45) is 5.73 Å². The normalized spacial score (nSPS) is 27.5. The quantitative estimate of drug-likeness (QED) is 0.702. The SMILES string of the molecule is CC(CC(N)=S)N1CCN(C)CC1C. The lowest BCUT2D eigenvalue weighted by Crippen LogP contribution is -2.54. The van der Waals surface area contributed by atoms with Crippen LogP contribution in [0.3, 0.4) is 0 Å². The Labute approximate surface area is 92.2 Å². The molecule has 82 valence electrons. The Kier molecular flexibility index (Phi) is 4.29. The van der Waals surface area contributed by atoms with Crippen molar-refractivity contribution in [2.45, 2.75) is 32.4 Å². The molecule has 0 aromatic heterocycles. The van der Waals surface area contributed by atoms with Crippen LogP contribution >= 0.6 is 12.2 Å². The second-order valence-corrected chi connectivity index (χ2v) is 4.89. The Balaban J connectivity index is 2.46. The summed E-state index contributed by atoms with van der Waals surface area (Å²) in [5.74, 6) is 0. The maximum absolute atomic E-state index is 5.57. The average Bonchev–Trinajstić information content (AvgIpc) is 2.01. The third-order valence-corrected chi connectivity index (χ3v) is 3.11. The molecule has 0 aromatic carbocycles. The molecule has 0 aromatic rings. The number of hydrogen-bond donors (Lipinski definition) is 1. The van der Waals surface area contributed by atoms with E-state index in [1.54, 1.807) is 0 Å². The maximum Gasteiger partial charge on any atom is 0.0742 e. The largest absolute Gasteiger partial charge is 0.393 e. The third-order valence-electron chi connectivity index (χ3n) is 2.94. The van der Waals surface area contributed by atoms with Crippen molar-refractivity contribution in [1.82, 2.24) is 9.80 Å². The highest BCUT2D eigenvalue weighted by atomic mass is 32.1. The lowest BCUT2D eigenvalue weighted by molar-refractivity contribution is 0.0702. The van der Waals surface area contributed by atoms with Crippen molar-refractivity contribution in [2.75, 3.05) is 26.7 Å². The van der Waals surface area contributed by atoms with Gasteiger partial charge in [-0.2, -0.15) is 0 Å². The topological polar surface area (TPSA) is 32.5 Å². The zero-order valence-corrected chi connectivity index (χ0v) is 10.2. The van der Waals surface area contributed by atoms with Crippen LogP contribution in [0, 0.1) is 0 Å². The lowest BCUT2D eigenvalue weighted by atomic mass is 10.1. The molecule has 0 amide bonds. The molecule has 1 aliphatic heterocycles. The zero-order chi connectivity index (χ0) is 10.7. The predicted octanol–water partition coefficient (Wildman–Crippen LogP) is 0.687. The predicted molar refractivity (Wildman–Crippen MR) is 64.5 cm³/mol. The summed E-state index contributed by atoms with van der Waals surface area (Å²) in [4.78, 5) is 5.50. The molecule has 3 nitrogen and oxygen atoms in total. The van der Waals surface area contributed by atoms with Crippen LogP contribution in [0.5, 0.6) is 0 Å². The molecule has 2 atom stereocenters. The minimum absolute atomic E-state index is 0.483. The van der Waals surface area contributed by atoms with E-state index in [-0.39, 0.29) is 0 Å². The van der Waals surface area contributed by atoms with Crippen LogP contribution < -0.4 is 5.73 Å². The molecule has 1 heterocycles. The van der Waals surface area contributed by atoms with Crippen molar-refractivity contribution in [3.05, 3.63) is 0 Å². The van der Waals surface area contributed by atoms with Crippen LogP contribution in [0.25, 0.3) is 0 Å². The smallest absolute Gasteiger partial charge is 0.0742 e. The van der Waals surface area contributed by atoms with Crippen LogP contribution in [-0.2, 0) is 0 Å². The molecule has 2 unspecified atom stereocenters. The van der Waals surface area contributed by atoms with Gasteiger partial charge in [-0.25, -0.2) is 0 Å². The second kappa shape index (κ2) is 5.05. The summed E-state index contributed by atoms with van der Waals surface area (Å²) in [6.07, 6.45) is 0.837. The van der Waals surface area contributed by atoms with Gasteiger partial charge in [0.25, 0.3) is 0 Å². The van der Waals surface area contributed by atoms with Crippen molar-refractivity contribution < 1.29 is 0 Å². The molecular formula is C10H21N3S. The van der Waals surface area contributed by atoms with Gasteiger partial charge >= 0.3 is 0 Å². The maximum atomic E-state index is 5.57. The molecule has 0 spiro atoms. The minimum atomic E-state index is 0.483. The van der Waals surface area contributed by atoms with E-state index in [4.69, 9.17) is 18.0 Å². The third kappa shape index (κ3) is 3.19. The number of hydrogen-bond acceptors (Lipinski definition) is 3. The zero-order valence-electron chi connectivity index (χ0n) is 9.36. The van der Waals surface area contributed by atoms with Crippen LogP contribution in [-0.4, -0.2) is 53.6 Å². The summed E-state index contributed by atoms with van der Waals surface area (Å²) in [6.45, 7) is 7.89. The van der Waals surface area contributed by atoms with E-state index in [9.17, 15) is 0 Å². The minimum Gasteiger partial charge on any atom is -0.393 e. The molecule has 4 heteroatoms. The number of nitrogens with zero attached hydrogens (tertiary/aromatic N) is 2. The van der Waals surface area contributed by atoms with Crippen molar-refractivity contribution in [3.63, 3.8) is 0 Å². The molecule has 1 aliphatic rings. The summed E-state index contributed by atoms with van der Waals surface area (Å²) >= 11 is 4.94. The summed E-state index contributed by atoms with van der Waals surface area (Å²) in [5.41, 5.74) is 5.57. The van der Waals surface area contributed by atoms with Crippen molar-refractivity contribution in [1.29, 1.82) is 0 Å². The lowest BCUT2D eigenvalue weighted by Gasteiger charge is -2.41. The second-order valence-electron chi connectivity index (χ2n) is 4.37. The highest BCUT2D eigenvalue weighted by Crippen LogP contribution is 2.13. The fraction of sp³-hybridized carbons (Fsp3) is 0.900. The van der Waals surface area contributed by atoms with E-state index in [0.717, 1.165) is 26.1 Å². The monoisotopic (exact) mass is 215 g/mol. The Bertz CT molecular complexity index is 208. The summed E-state index contributed by atoms with van der Waals surface area (Å²) in [7, 11) is 2.17. The van der Waals surface area contributed by atoms with Gasteiger partial charge in [-0.3, -0.25) is 4.90 Å². The van der Waals surface area contributed by atoms with E-state index < -0.39 is 0 Å².